The molecular formula is C24H30O4. The molecule has 0 amide bonds. The minimum Gasteiger partial charge on any atom is -0.478 e. The third kappa shape index (κ3) is 3.85. The first-order valence-corrected chi connectivity index (χ1v) is 9.72. The Morgan fingerprint density at radius 3 is 1.68 bits per heavy atom. The van der Waals surface area contributed by atoms with Crippen LogP contribution in [0.2, 0.25) is 0 Å². The summed E-state index contributed by atoms with van der Waals surface area (Å²) in [4.78, 5) is 11.2. The largest absolute Gasteiger partial charge is 0.478 e. The van der Waals surface area contributed by atoms with E-state index in [2.05, 4.69) is 59.7 Å². The van der Waals surface area contributed by atoms with Gasteiger partial charge < -0.3 is 14.6 Å². The molecule has 1 aliphatic heterocycles. The molecule has 4 heteroatoms. The lowest BCUT2D eigenvalue weighted by molar-refractivity contribution is -0.130. The highest BCUT2D eigenvalue weighted by atomic mass is 16.7. The third-order valence-electron chi connectivity index (χ3n) is 5.25. The molecule has 1 aliphatic rings. The van der Waals surface area contributed by atoms with Crippen molar-refractivity contribution in [3.63, 3.8) is 0 Å². The van der Waals surface area contributed by atoms with Gasteiger partial charge >= 0.3 is 5.97 Å². The van der Waals surface area contributed by atoms with E-state index in [9.17, 15) is 9.90 Å². The van der Waals surface area contributed by atoms with Crippen LogP contribution in [-0.4, -0.2) is 24.3 Å². The SMILES string of the molecule is CC(C)(C)c1cc(C(C)(C)C)cc(C2(c3ccc(C(=O)O)cc3)OCCO2)c1. The number of aromatic carboxylic acids is 1. The molecule has 4 nitrogen and oxygen atoms in total. The first-order valence-electron chi connectivity index (χ1n) is 9.72. The van der Waals surface area contributed by atoms with E-state index >= 15 is 0 Å². The van der Waals surface area contributed by atoms with Gasteiger partial charge in [-0.25, -0.2) is 4.79 Å². The maximum Gasteiger partial charge on any atom is 0.335 e. The third-order valence-corrected chi connectivity index (χ3v) is 5.25. The summed E-state index contributed by atoms with van der Waals surface area (Å²) in [5.41, 5.74) is 4.39. The molecular weight excluding hydrogens is 352 g/mol. The zero-order valence-corrected chi connectivity index (χ0v) is 17.6. The Morgan fingerprint density at radius 1 is 0.821 bits per heavy atom. The second-order valence-corrected chi connectivity index (χ2v) is 9.50. The summed E-state index contributed by atoms with van der Waals surface area (Å²) in [5, 5.41) is 9.21. The van der Waals surface area contributed by atoms with Gasteiger partial charge in [-0.3, -0.25) is 0 Å². The molecule has 1 saturated heterocycles. The molecule has 28 heavy (non-hydrogen) atoms. The van der Waals surface area contributed by atoms with Crippen LogP contribution in [-0.2, 0) is 26.1 Å². The van der Waals surface area contributed by atoms with Crippen LogP contribution in [0.25, 0.3) is 0 Å². The summed E-state index contributed by atoms with van der Waals surface area (Å²) in [7, 11) is 0. The number of hydrogen-bond donors (Lipinski definition) is 1. The highest BCUT2D eigenvalue weighted by Gasteiger charge is 2.42. The van der Waals surface area contributed by atoms with Gasteiger partial charge in [-0.05, 0) is 46.2 Å². The van der Waals surface area contributed by atoms with Crippen LogP contribution in [0.4, 0.5) is 0 Å². The van der Waals surface area contributed by atoms with E-state index in [1.165, 1.54) is 11.1 Å². The quantitative estimate of drug-likeness (QED) is 0.790. The molecule has 1 fully saturated rings. The van der Waals surface area contributed by atoms with Crippen molar-refractivity contribution in [1.82, 2.24) is 0 Å². The highest BCUT2D eigenvalue weighted by molar-refractivity contribution is 5.87. The van der Waals surface area contributed by atoms with Gasteiger partial charge in [0.15, 0.2) is 0 Å². The number of carboxylic acid groups (broad SMARTS) is 1. The fourth-order valence-electron chi connectivity index (χ4n) is 3.43. The van der Waals surface area contributed by atoms with Gasteiger partial charge in [0, 0.05) is 11.1 Å². The Kier molecular flexibility index (Phi) is 5.15. The number of carboxylic acids is 1. The molecule has 0 atom stereocenters. The minimum absolute atomic E-state index is 0.0248. The first-order chi connectivity index (χ1) is 12.9. The molecule has 0 saturated carbocycles. The monoisotopic (exact) mass is 382 g/mol. The summed E-state index contributed by atoms with van der Waals surface area (Å²) in [6.07, 6.45) is 0. The Morgan fingerprint density at radius 2 is 1.29 bits per heavy atom. The number of benzene rings is 2. The zero-order valence-electron chi connectivity index (χ0n) is 17.6. The van der Waals surface area contributed by atoms with Gasteiger partial charge in [0.25, 0.3) is 0 Å². The molecule has 2 aromatic rings. The van der Waals surface area contributed by atoms with Gasteiger partial charge in [-0.15, -0.1) is 0 Å². The lowest BCUT2D eigenvalue weighted by Gasteiger charge is -2.33. The lowest BCUT2D eigenvalue weighted by Crippen LogP contribution is -2.30. The Bertz CT molecular complexity index is 829. The van der Waals surface area contributed by atoms with Crippen LogP contribution < -0.4 is 0 Å². The number of ether oxygens (including phenoxy) is 2. The summed E-state index contributed by atoms with van der Waals surface area (Å²) < 4.78 is 12.4. The Hall–Kier alpha value is -2.17. The fraction of sp³-hybridized carbons (Fsp3) is 0.458. The predicted molar refractivity (Wildman–Crippen MR) is 110 cm³/mol. The van der Waals surface area contributed by atoms with Crippen LogP contribution >= 0.6 is 0 Å². The van der Waals surface area contributed by atoms with Crippen molar-refractivity contribution in [3.05, 3.63) is 70.3 Å². The summed E-state index contributed by atoms with van der Waals surface area (Å²) in [6, 6.07) is 13.4. The van der Waals surface area contributed by atoms with Crippen molar-refractivity contribution in [2.24, 2.45) is 0 Å². The molecule has 0 aliphatic carbocycles. The summed E-state index contributed by atoms with van der Waals surface area (Å²) in [6.45, 7) is 14.2. The first kappa shape index (κ1) is 20.6. The Balaban J connectivity index is 2.20. The predicted octanol–water partition coefficient (Wildman–Crippen LogP) is 5.23. The van der Waals surface area contributed by atoms with Crippen molar-refractivity contribution in [1.29, 1.82) is 0 Å². The molecule has 1 heterocycles. The summed E-state index contributed by atoms with van der Waals surface area (Å²) in [5.74, 6) is -1.96. The number of carbonyl (C=O) groups is 1. The molecule has 150 valence electrons. The fourth-order valence-corrected chi connectivity index (χ4v) is 3.43. The van der Waals surface area contributed by atoms with E-state index < -0.39 is 11.8 Å². The van der Waals surface area contributed by atoms with Crippen molar-refractivity contribution in [2.45, 2.75) is 58.2 Å². The molecule has 0 spiro atoms. The second-order valence-electron chi connectivity index (χ2n) is 9.50. The van der Waals surface area contributed by atoms with E-state index in [1.54, 1.807) is 24.3 Å². The van der Waals surface area contributed by atoms with Gasteiger partial charge in [-0.1, -0.05) is 59.7 Å². The van der Waals surface area contributed by atoms with Crippen molar-refractivity contribution in [2.75, 3.05) is 13.2 Å². The average molecular weight is 383 g/mol. The lowest BCUT2D eigenvalue weighted by atomic mass is 9.78. The molecule has 2 aromatic carbocycles. The van der Waals surface area contributed by atoms with E-state index in [0.29, 0.717) is 13.2 Å². The summed E-state index contributed by atoms with van der Waals surface area (Å²) >= 11 is 0. The van der Waals surface area contributed by atoms with Gasteiger partial charge in [-0.2, -0.15) is 0 Å². The molecule has 0 aromatic heterocycles. The second kappa shape index (κ2) is 7.02. The maximum atomic E-state index is 11.2. The van der Waals surface area contributed by atoms with Crippen molar-refractivity contribution < 1.29 is 19.4 Å². The van der Waals surface area contributed by atoms with Crippen molar-refractivity contribution in [3.8, 4) is 0 Å². The van der Waals surface area contributed by atoms with Crippen LogP contribution in [0.3, 0.4) is 0 Å². The van der Waals surface area contributed by atoms with E-state index in [0.717, 1.165) is 11.1 Å². The van der Waals surface area contributed by atoms with Crippen LogP contribution in [0.1, 0.15) is 74.2 Å². The molecule has 1 N–H and O–H groups in total. The van der Waals surface area contributed by atoms with E-state index in [1.807, 2.05) is 0 Å². The smallest absolute Gasteiger partial charge is 0.335 e. The maximum absolute atomic E-state index is 11.2. The standard InChI is InChI=1S/C24H30O4/c1-22(2,3)18-13-19(23(4,5)6)15-20(14-18)24(27-11-12-28-24)17-9-7-16(8-10-17)21(25)26/h7-10,13-15H,11-12H2,1-6H3,(H,25,26). The normalized spacial score (nSPS) is 16.9. The molecule has 0 bridgehead atoms. The van der Waals surface area contributed by atoms with Gasteiger partial charge in [0.2, 0.25) is 5.79 Å². The zero-order chi connectivity index (χ0) is 20.7. The molecule has 0 unspecified atom stereocenters. The van der Waals surface area contributed by atoms with Crippen LogP contribution in [0, 0.1) is 0 Å². The molecule has 3 rings (SSSR count). The topological polar surface area (TPSA) is 55.8 Å². The number of rotatable bonds is 3. The Labute approximate surface area is 167 Å². The van der Waals surface area contributed by atoms with Crippen LogP contribution in [0.5, 0.6) is 0 Å². The van der Waals surface area contributed by atoms with Gasteiger partial charge in [0.1, 0.15) is 0 Å². The average Bonchev–Trinajstić information content (AvgIpc) is 3.11. The minimum atomic E-state index is -1.02. The van der Waals surface area contributed by atoms with Crippen molar-refractivity contribution >= 4 is 5.97 Å². The van der Waals surface area contributed by atoms with E-state index in [-0.39, 0.29) is 16.4 Å². The highest BCUT2D eigenvalue weighted by Crippen LogP contribution is 2.42. The van der Waals surface area contributed by atoms with Crippen LogP contribution in [0.15, 0.2) is 42.5 Å². The van der Waals surface area contributed by atoms with Gasteiger partial charge in [0.05, 0.1) is 18.8 Å². The number of hydrogen-bond acceptors (Lipinski definition) is 3. The molecule has 0 radical (unpaired) electrons. The van der Waals surface area contributed by atoms with E-state index in [4.69, 9.17) is 9.47 Å².